The first-order valence-electron chi connectivity index (χ1n) is 8.70. The Morgan fingerprint density at radius 1 is 1.04 bits per heavy atom. The van der Waals surface area contributed by atoms with E-state index in [0.29, 0.717) is 41.8 Å². The Bertz CT molecular complexity index is 1000. The molecule has 3 rings (SSSR count). The van der Waals surface area contributed by atoms with Gasteiger partial charge in [-0.25, -0.2) is 8.42 Å². The third-order valence-electron chi connectivity index (χ3n) is 4.81. The molecule has 0 atom stereocenters. The van der Waals surface area contributed by atoms with Gasteiger partial charge < -0.3 is 10.0 Å². The molecule has 0 aromatic heterocycles. The number of carboxylic acids is 1. The molecular formula is C19H20Cl2N2O4S. The molecular weight excluding hydrogens is 423 g/mol. The minimum atomic E-state index is -3.69. The molecule has 1 saturated heterocycles. The molecule has 28 heavy (non-hydrogen) atoms. The van der Waals surface area contributed by atoms with E-state index in [-0.39, 0.29) is 11.3 Å². The van der Waals surface area contributed by atoms with Crippen molar-refractivity contribution >= 4 is 44.9 Å². The van der Waals surface area contributed by atoms with Gasteiger partial charge in [0.1, 0.15) is 0 Å². The minimum Gasteiger partial charge on any atom is -0.481 e. The van der Waals surface area contributed by atoms with Crippen LogP contribution in [0.25, 0.3) is 0 Å². The number of rotatable bonds is 5. The number of aryl methyl sites for hydroxylation is 1. The summed E-state index contributed by atoms with van der Waals surface area (Å²) in [4.78, 5) is 13.2. The van der Waals surface area contributed by atoms with Gasteiger partial charge in [-0.1, -0.05) is 29.3 Å². The predicted molar refractivity (Wildman–Crippen MR) is 110 cm³/mol. The average molecular weight is 443 g/mol. The molecule has 2 aromatic carbocycles. The number of aliphatic carboxylic acids is 1. The summed E-state index contributed by atoms with van der Waals surface area (Å²) >= 11 is 12.0. The second-order valence-corrected chi connectivity index (χ2v) is 9.40. The summed E-state index contributed by atoms with van der Waals surface area (Å²) in [6, 6.07) is 9.99. The zero-order chi connectivity index (χ0) is 20.5. The van der Waals surface area contributed by atoms with E-state index in [1.807, 2.05) is 6.07 Å². The van der Waals surface area contributed by atoms with Crippen molar-refractivity contribution in [2.24, 2.45) is 0 Å². The molecule has 1 N–H and O–H groups in total. The van der Waals surface area contributed by atoms with Gasteiger partial charge in [0.05, 0.1) is 21.4 Å². The number of anilines is 1. The van der Waals surface area contributed by atoms with Crippen molar-refractivity contribution in [3.63, 3.8) is 0 Å². The number of hydrogen-bond acceptors (Lipinski definition) is 4. The van der Waals surface area contributed by atoms with Gasteiger partial charge in [0.2, 0.25) is 10.0 Å². The van der Waals surface area contributed by atoms with Crippen molar-refractivity contribution in [2.75, 3.05) is 31.1 Å². The van der Waals surface area contributed by atoms with Crippen LogP contribution < -0.4 is 4.90 Å². The summed E-state index contributed by atoms with van der Waals surface area (Å²) in [5, 5.41) is 9.96. The molecule has 2 aromatic rings. The monoisotopic (exact) mass is 442 g/mol. The van der Waals surface area contributed by atoms with Crippen LogP contribution in [0.2, 0.25) is 10.0 Å². The molecule has 6 nitrogen and oxygen atoms in total. The lowest BCUT2D eigenvalue weighted by molar-refractivity contribution is -0.136. The predicted octanol–water partition coefficient (Wildman–Crippen LogP) is 3.44. The fraction of sp³-hybridized carbons (Fsp3) is 0.316. The third kappa shape index (κ3) is 4.43. The van der Waals surface area contributed by atoms with Crippen molar-refractivity contribution in [1.29, 1.82) is 0 Å². The standard InChI is InChI=1S/C19H20Cl2N2O4S/c1-13-2-4-16(10-14(13)11-19(24)25)28(26,27)23-8-6-22(7-9-23)15-3-5-17(20)18(21)12-15/h2-5,10,12H,6-9,11H2,1H3,(H,24,25). The van der Waals surface area contributed by atoms with E-state index in [0.717, 1.165) is 11.3 Å². The highest BCUT2D eigenvalue weighted by Crippen LogP contribution is 2.28. The number of piperazine rings is 1. The molecule has 1 heterocycles. The van der Waals surface area contributed by atoms with Crippen LogP contribution in [0.5, 0.6) is 0 Å². The smallest absolute Gasteiger partial charge is 0.307 e. The van der Waals surface area contributed by atoms with Gasteiger partial charge >= 0.3 is 5.97 Å². The summed E-state index contributed by atoms with van der Waals surface area (Å²) in [7, 11) is -3.69. The molecule has 0 radical (unpaired) electrons. The van der Waals surface area contributed by atoms with E-state index >= 15 is 0 Å². The van der Waals surface area contributed by atoms with Crippen LogP contribution >= 0.6 is 23.2 Å². The molecule has 9 heteroatoms. The topological polar surface area (TPSA) is 77.9 Å². The van der Waals surface area contributed by atoms with Crippen molar-refractivity contribution in [3.05, 3.63) is 57.6 Å². The van der Waals surface area contributed by atoms with Gasteiger partial charge in [0.15, 0.2) is 0 Å². The Labute approximate surface area is 174 Å². The van der Waals surface area contributed by atoms with E-state index in [2.05, 4.69) is 4.90 Å². The molecule has 0 aliphatic carbocycles. The first-order chi connectivity index (χ1) is 13.2. The van der Waals surface area contributed by atoms with Crippen LogP contribution in [-0.2, 0) is 21.2 Å². The van der Waals surface area contributed by atoms with Crippen molar-refractivity contribution in [1.82, 2.24) is 4.31 Å². The molecule has 1 aliphatic heterocycles. The van der Waals surface area contributed by atoms with Crippen LogP contribution in [-0.4, -0.2) is 50.0 Å². The Hall–Kier alpha value is -1.80. The van der Waals surface area contributed by atoms with Crippen LogP contribution in [0.1, 0.15) is 11.1 Å². The zero-order valence-corrected chi connectivity index (χ0v) is 17.6. The van der Waals surface area contributed by atoms with Gasteiger partial charge in [0, 0.05) is 31.9 Å². The van der Waals surface area contributed by atoms with Crippen LogP contribution in [0.3, 0.4) is 0 Å². The van der Waals surface area contributed by atoms with Gasteiger partial charge in [-0.15, -0.1) is 0 Å². The Morgan fingerprint density at radius 2 is 1.71 bits per heavy atom. The fourth-order valence-electron chi connectivity index (χ4n) is 3.18. The highest BCUT2D eigenvalue weighted by molar-refractivity contribution is 7.89. The number of nitrogens with zero attached hydrogens (tertiary/aromatic N) is 2. The number of carboxylic acid groups (broad SMARTS) is 1. The van der Waals surface area contributed by atoms with E-state index in [1.54, 1.807) is 25.1 Å². The fourth-order valence-corrected chi connectivity index (χ4v) is 4.94. The third-order valence-corrected chi connectivity index (χ3v) is 7.44. The lowest BCUT2D eigenvalue weighted by atomic mass is 10.1. The molecule has 0 saturated carbocycles. The van der Waals surface area contributed by atoms with E-state index in [4.69, 9.17) is 28.3 Å². The lowest BCUT2D eigenvalue weighted by Crippen LogP contribution is -2.48. The Balaban J connectivity index is 1.76. The second-order valence-electron chi connectivity index (χ2n) is 6.65. The maximum atomic E-state index is 13.0. The molecule has 0 spiro atoms. The first-order valence-corrected chi connectivity index (χ1v) is 10.9. The van der Waals surface area contributed by atoms with E-state index in [1.165, 1.54) is 16.4 Å². The second kappa shape index (κ2) is 8.29. The number of sulfonamides is 1. The van der Waals surface area contributed by atoms with Crippen LogP contribution in [0.4, 0.5) is 5.69 Å². The molecule has 1 fully saturated rings. The molecule has 0 bridgehead atoms. The highest BCUT2D eigenvalue weighted by atomic mass is 35.5. The number of carbonyl (C=O) groups is 1. The number of benzene rings is 2. The normalized spacial score (nSPS) is 15.6. The Morgan fingerprint density at radius 3 is 2.32 bits per heavy atom. The molecule has 1 aliphatic rings. The SMILES string of the molecule is Cc1ccc(S(=O)(=O)N2CCN(c3ccc(Cl)c(Cl)c3)CC2)cc1CC(=O)O. The highest BCUT2D eigenvalue weighted by Gasteiger charge is 2.29. The number of hydrogen-bond donors (Lipinski definition) is 1. The average Bonchev–Trinajstić information content (AvgIpc) is 2.65. The molecule has 0 unspecified atom stereocenters. The summed E-state index contributed by atoms with van der Waals surface area (Å²) < 4.78 is 27.4. The van der Waals surface area contributed by atoms with Gasteiger partial charge in [-0.05, 0) is 48.4 Å². The lowest BCUT2D eigenvalue weighted by Gasteiger charge is -2.35. The van der Waals surface area contributed by atoms with Crippen LogP contribution in [0.15, 0.2) is 41.3 Å². The molecule has 150 valence electrons. The Kier molecular flexibility index (Phi) is 6.19. The summed E-state index contributed by atoms with van der Waals surface area (Å²) in [5.74, 6) is -0.993. The minimum absolute atomic E-state index is 0.123. The van der Waals surface area contributed by atoms with Crippen molar-refractivity contribution < 1.29 is 18.3 Å². The maximum Gasteiger partial charge on any atom is 0.307 e. The van der Waals surface area contributed by atoms with Gasteiger partial charge in [0.25, 0.3) is 0 Å². The zero-order valence-electron chi connectivity index (χ0n) is 15.2. The van der Waals surface area contributed by atoms with Crippen molar-refractivity contribution in [2.45, 2.75) is 18.2 Å². The van der Waals surface area contributed by atoms with E-state index in [9.17, 15) is 13.2 Å². The van der Waals surface area contributed by atoms with Gasteiger partial charge in [-0.2, -0.15) is 4.31 Å². The maximum absolute atomic E-state index is 13.0. The van der Waals surface area contributed by atoms with Crippen LogP contribution in [0, 0.1) is 6.92 Å². The van der Waals surface area contributed by atoms with Gasteiger partial charge in [-0.3, -0.25) is 4.79 Å². The first kappa shape index (κ1) is 20.9. The largest absolute Gasteiger partial charge is 0.481 e. The number of halogens is 2. The summed E-state index contributed by atoms with van der Waals surface area (Å²) in [5.41, 5.74) is 2.15. The van der Waals surface area contributed by atoms with E-state index < -0.39 is 16.0 Å². The summed E-state index contributed by atoms with van der Waals surface area (Å²) in [6.07, 6.45) is -0.208. The van der Waals surface area contributed by atoms with Crippen molar-refractivity contribution in [3.8, 4) is 0 Å². The summed E-state index contributed by atoms with van der Waals surface area (Å²) in [6.45, 7) is 3.45. The molecule has 0 amide bonds. The quantitative estimate of drug-likeness (QED) is 0.766.